The summed E-state index contributed by atoms with van der Waals surface area (Å²) < 4.78 is 5.41. The van der Waals surface area contributed by atoms with Crippen LogP contribution in [0, 0.1) is 0 Å². The molecule has 1 heterocycles. The van der Waals surface area contributed by atoms with Crippen LogP contribution in [0.4, 0.5) is 0 Å². The van der Waals surface area contributed by atoms with Crippen LogP contribution in [0.5, 0.6) is 0 Å². The number of halogens is 1. The van der Waals surface area contributed by atoms with E-state index in [0.29, 0.717) is 13.0 Å². The highest BCUT2D eigenvalue weighted by molar-refractivity contribution is 6.30. The molecular formula is C13H15ClN2O. The van der Waals surface area contributed by atoms with Crippen molar-refractivity contribution in [3.05, 3.63) is 52.7 Å². The second-order valence-corrected chi connectivity index (χ2v) is 4.36. The minimum atomic E-state index is 0.680. The standard InChI is InChI=1S/C13H15ClN2O/c14-11-5-3-10(4-6-11)8-13-16-12(9-17-13)2-1-7-15/h3-6,9H,1-2,7-8,15H2. The van der Waals surface area contributed by atoms with E-state index in [1.807, 2.05) is 24.3 Å². The molecule has 2 rings (SSSR count). The van der Waals surface area contributed by atoms with Gasteiger partial charge in [-0.1, -0.05) is 23.7 Å². The average Bonchev–Trinajstić information content (AvgIpc) is 2.77. The van der Waals surface area contributed by atoms with Gasteiger partial charge in [0, 0.05) is 11.4 Å². The molecule has 0 aliphatic heterocycles. The summed E-state index contributed by atoms with van der Waals surface area (Å²) in [7, 11) is 0. The fraction of sp³-hybridized carbons (Fsp3) is 0.308. The molecule has 2 N–H and O–H groups in total. The summed E-state index contributed by atoms with van der Waals surface area (Å²) in [6.45, 7) is 0.680. The van der Waals surface area contributed by atoms with Gasteiger partial charge in [0.2, 0.25) is 0 Å². The fourth-order valence-electron chi connectivity index (χ4n) is 1.60. The Kier molecular flexibility index (Phi) is 4.18. The predicted octanol–water partition coefficient (Wildman–Crippen LogP) is 2.81. The van der Waals surface area contributed by atoms with E-state index in [-0.39, 0.29) is 0 Å². The van der Waals surface area contributed by atoms with Gasteiger partial charge in [0.05, 0.1) is 5.69 Å². The maximum atomic E-state index is 5.83. The SMILES string of the molecule is NCCCc1coc(Cc2ccc(Cl)cc2)n1. The van der Waals surface area contributed by atoms with Gasteiger partial charge in [-0.25, -0.2) is 4.98 Å². The molecule has 0 bridgehead atoms. The second kappa shape index (κ2) is 5.84. The topological polar surface area (TPSA) is 52.0 Å². The molecule has 2 aromatic rings. The highest BCUT2D eigenvalue weighted by Gasteiger charge is 2.04. The molecule has 4 heteroatoms. The Labute approximate surface area is 106 Å². The van der Waals surface area contributed by atoms with Crippen molar-refractivity contribution in [1.29, 1.82) is 0 Å². The van der Waals surface area contributed by atoms with Gasteiger partial charge in [-0.3, -0.25) is 0 Å². The number of benzene rings is 1. The molecule has 90 valence electrons. The van der Waals surface area contributed by atoms with E-state index in [1.54, 1.807) is 6.26 Å². The third-order valence-corrected chi connectivity index (χ3v) is 2.76. The van der Waals surface area contributed by atoms with Crippen molar-refractivity contribution in [1.82, 2.24) is 4.98 Å². The number of rotatable bonds is 5. The Hall–Kier alpha value is -1.32. The molecule has 0 saturated heterocycles. The summed E-state index contributed by atoms with van der Waals surface area (Å²) in [4.78, 5) is 4.41. The molecule has 0 aliphatic carbocycles. The lowest BCUT2D eigenvalue weighted by molar-refractivity contribution is 0.506. The van der Waals surface area contributed by atoms with Crippen LogP contribution in [-0.4, -0.2) is 11.5 Å². The van der Waals surface area contributed by atoms with Crippen molar-refractivity contribution >= 4 is 11.6 Å². The number of oxazole rings is 1. The molecule has 0 saturated carbocycles. The minimum absolute atomic E-state index is 0.680. The summed E-state index contributed by atoms with van der Waals surface area (Å²) in [6.07, 6.45) is 4.22. The first-order chi connectivity index (χ1) is 8.28. The molecule has 1 aromatic carbocycles. The molecule has 3 nitrogen and oxygen atoms in total. The Morgan fingerprint density at radius 1 is 1.24 bits per heavy atom. The molecule has 0 unspecified atom stereocenters. The van der Waals surface area contributed by atoms with Gasteiger partial charge in [0.25, 0.3) is 0 Å². The Morgan fingerprint density at radius 3 is 2.71 bits per heavy atom. The van der Waals surface area contributed by atoms with E-state index in [2.05, 4.69) is 4.98 Å². The van der Waals surface area contributed by atoms with E-state index in [9.17, 15) is 0 Å². The molecule has 0 atom stereocenters. The van der Waals surface area contributed by atoms with Gasteiger partial charge >= 0.3 is 0 Å². The molecule has 0 radical (unpaired) electrons. The van der Waals surface area contributed by atoms with Crippen molar-refractivity contribution in [2.75, 3.05) is 6.54 Å². The Balaban J connectivity index is 1.98. The molecule has 17 heavy (non-hydrogen) atoms. The number of aryl methyl sites for hydroxylation is 1. The lowest BCUT2D eigenvalue weighted by atomic mass is 10.1. The predicted molar refractivity (Wildman–Crippen MR) is 68.1 cm³/mol. The van der Waals surface area contributed by atoms with Crippen LogP contribution in [0.3, 0.4) is 0 Å². The first kappa shape index (κ1) is 12.1. The number of nitrogens with zero attached hydrogens (tertiary/aromatic N) is 1. The van der Waals surface area contributed by atoms with Crippen LogP contribution < -0.4 is 5.73 Å². The smallest absolute Gasteiger partial charge is 0.198 e. The third-order valence-electron chi connectivity index (χ3n) is 2.50. The first-order valence-corrected chi connectivity index (χ1v) is 6.03. The maximum Gasteiger partial charge on any atom is 0.198 e. The zero-order chi connectivity index (χ0) is 12.1. The van der Waals surface area contributed by atoms with Crippen molar-refractivity contribution in [3.63, 3.8) is 0 Å². The summed E-state index contributed by atoms with van der Waals surface area (Å²) in [5, 5.41) is 0.741. The van der Waals surface area contributed by atoms with E-state index < -0.39 is 0 Å². The van der Waals surface area contributed by atoms with Gasteiger partial charge in [0.15, 0.2) is 5.89 Å². The zero-order valence-corrected chi connectivity index (χ0v) is 10.3. The zero-order valence-electron chi connectivity index (χ0n) is 9.53. The Bertz CT molecular complexity index is 465. The van der Waals surface area contributed by atoms with Crippen molar-refractivity contribution in [3.8, 4) is 0 Å². The summed E-state index contributed by atoms with van der Waals surface area (Å²) in [6, 6.07) is 7.70. The minimum Gasteiger partial charge on any atom is -0.448 e. The summed E-state index contributed by atoms with van der Waals surface area (Å²) in [5.74, 6) is 0.736. The molecule has 0 spiro atoms. The normalized spacial score (nSPS) is 10.7. The largest absolute Gasteiger partial charge is 0.448 e. The third kappa shape index (κ3) is 3.58. The lowest BCUT2D eigenvalue weighted by Crippen LogP contribution is -2.00. The summed E-state index contributed by atoms with van der Waals surface area (Å²) in [5.41, 5.74) is 7.56. The van der Waals surface area contributed by atoms with Crippen molar-refractivity contribution in [2.45, 2.75) is 19.3 Å². The molecular weight excluding hydrogens is 236 g/mol. The van der Waals surface area contributed by atoms with Crippen LogP contribution in [0.1, 0.15) is 23.6 Å². The molecule has 0 aliphatic rings. The van der Waals surface area contributed by atoms with Gasteiger partial charge in [0.1, 0.15) is 6.26 Å². The lowest BCUT2D eigenvalue weighted by Gasteiger charge is -1.97. The van der Waals surface area contributed by atoms with E-state index in [0.717, 1.165) is 35.0 Å². The van der Waals surface area contributed by atoms with E-state index in [1.165, 1.54) is 0 Å². The highest BCUT2D eigenvalue weighted by atomic mass is 35.5. The maximum absolute atomic E-state index is 5.83. The van der Waals surface area contributed by atoms with Gasteiger partial charge < -0.3 is 10.2 Å². The fourth-order valence-corrected chi connectivity index (χ4v) is 1.73. The van der Waals surface area contributed by atoms with Gasteiger partial charge in [-0.2, -0.15) is 0 Å². The number of nitrogens with two attached hydrogens (primary N) is 1. The molecule has 0 amide bonds. The molecule has 0 fully saturated rings. The van der Waals surface area contributed by atoms with Crippen LogP contribution >= 0.6 is 11.6 Å². The van der Waals surface area contributed by atoms with Crippen LogP contribution in [0.25, 0.3) is 0 Å². The van der Waals surface area contributed by atoms with E-state index in [4.69, 9.17) is 21.8 Å². The first-order valence-electron chi connectivity index (χ1n) is 5.65. The second-order valence-electron chi connectivity index (χ2n) is 3.93. The number of aromatic nitrogens is 1. The summed E-state index contributed by atoms with van der Waals surface area (Å²) >= 11 is 5.83. The van der Waals surface area contributed by atoms with Crippen LogP contribution in [0.2, 0.25) is 5.02 Å². The number of hydrogen-bond acceptors (Lipinski definition) is 3. The van der Waals surface area contributed by atoms with E-state index >= 15 is 0 Å². The van der Waals surface area contributed by atoms with Gasteiger partial charge in [-0.05, 0) is 37.1 Å². The molecule has 1 aromatic heterocycles. The monoisotopic (exact) mass is 250 g/mol. The Morgan fingerprint density at radius 2 is 2.00 bits per heavy atom. The quantitative estimate of drug-likeness (QED) is 0.888. The van der Waals surface area contributed by atoms with Gasteiger partial charge in [-0.15, -0.1) is 0 Å². The van der Waals surface area contributed by atoms with Crippen LogP contribution in [0.15, 0.2) is 34.9 Å². The van der Waals surface area contributed by atoms with Crippen molar-refractivity contribution < 1.29 is 4.42 Å². The average molecular weight is 251 g/mol. The van der Waals surface area contributed by atoms with Crippen LogP contribution in [-0.2, 0) is 12.8 Å². The van der Waals surface area contributed by atoms with Crippen molar-refractivity contribution in [2.24, 2.45) is 5.73 Å². The number of hydrogen-bond donors (Lipinski definition) is 1. The highest BCUT2D eigenvalue weighted by Crippen LogP contribution is 2.14.